The Balaban J connectivity index is 1.96. The van der Waals surface area contributed by atoms with Crippen LogP contribution in [-0.2, 0) is 6.42 Å². The van der Waals surface area contributed by atoms with Gasteiger partial charge in [0.05, 0.1) is 0 Å². The fourth-order valence-electron chi connectivity index (χ4n) is 2.55. The van der Waals surface area contributed by atoms with Crippen LogP contribution in [0.2, 0.25) is 0 Å². The Morgan fingerprint density at radius 2 is 2.18 bits per heavy atom. The van der Waals surface area contributed by atoms with Crippen molar-refractivity contribution < 1.29 is 0 Å². The lowest BCUT2D eigenvalue weighted by Gasteiger charge is -2.29. The van der Waals surface area contributed by atoms with Crippen LogP contribution in [0, 0.1) is 5.92 Å². The highest BCUT2D eigenvalue weighted by molar-refractivity contribution is 9.10. The third kappa shape index (κ3) is 3.48. The molecule has 2 rings (SSSR count). The highest BCUT2D eigenvalue weighted by atomic mass is 79.9. The number of anilines is 1. The lowest BCUT2D eigenvalue weighted by atomic mass is 9.81. The Hall–Kier alpha value is -0.500. The third-order valence-electron chi connectivity index (χ3n) is 3.76. The second kappa shape index (κ2) is 5.90. The van der Waals surface area contributed by atoms with Crippen molar-refractivity contribution >= 4 is 21.6 Å². The molecule has 0 radical (unpaired) electrons. The number of nitrogens with one attached hydrogen (secondary N) is 1. The van der Waals surface area contributed by atoms with Crippen molar-refractivity contribution in [3.63, 3.8) is 0 Å². The predicted octanol–water partition coefficient (Wildman–Crippen LogP) is 5.00. The molecule has 0 aliphatic heterocycles. The Morgan fingerprint density at radius 1 is 1.41 bits per heavy atom. The topological polar surface area (TPSA) is 12.0 Å². The quantitative estimate of drug-likeness (QED) is 0.806. The molecule has 0 amide bonds. The minimum absolute atomic E-state index is 0.590. The summed E-state index contributed by atoms with van der Waals surface area (Å²) in [7, 11) is 0. The minimum atomic E-state index is 0.590. The van der Waals surface area contributed by atoms with Crippen LogP contribution in [0.4, 0.5) is 5.69 Å². The molecule has 1 unspecified atom stereocenters. The Labute approximate surface area is 113 Å². The molecule has 1 nitrogen and oxygen atoms in total. The number of hydrogen-bond acceptors (Lipinski definition) is 1. The summed E-state index contributed by atoms with van der Waals surface area (Å²) in [6.45, 7) is 4.52. The van der Waals surface area contributed by atoms with E-state index in [-0.39, 0.29) is 0 Å². The molecule has 1 atom stereocenters. The lowest BCUT2D eigenvalue weighted by molar-refractivity contribution is 0.286. The molecule has 17 heavy (non-hydrogen) atoms. The molecule has 0 heterocycles. The second-order valence-electron chi connectivity index (χ2n) is 5.23. The van der Waals surface area contributed by atoms with Crippen LogP contribution in [0.25, 0.3) is 0 Å². The molecular formula is C15H22BrN. The molecule has 1 N–H and O–H groups in total. The van der Waals surface area contributed by atoms with Crippen LogP contribution in [0.15, 0.2) is 22.7 Å². The van der Waals surface area contributed by atoms with Crippen molar-refractivity contribution in [2.24, 2.45) is 5.92 Å². The zero-order valence-electron chi connectivity index (χ0n) is 10.8. The van der Waals surface area contributed by atoms with Gasteiger partial charge in [-0.25, -0.2) is 0 Å². The first-order valence-electron chi connectivity index (χ1n) is 6.74. The molecule has 1 aliphatic carbocycles. The highest BCUT2D eigenvalue weighted by Crippen LogP contribution is 2.31. The maximum absolute atomic E-state index is 3.67. The summed E-state index contributed by atoms with van der Waals surface area (Å²) in [5.41, 5.74) is 2.71. The summed E-state index contributed by atoms with van der Waals surface area (Å²) in [4.78, 5) is 0. The summed E-state index contributed by atoms with van der Waals surface area (Å²) in [5, 5.41) is 3.67. The average molecular weight is 296 g/mol. The summed E-state index contributed by atoms with van der Waals surface area (Å²) < 4.78 is 1.17. The Bertz CT molecular complexity index is 371. The maximum atomic E-state index is 3.67. The van der Waals surface area contributed by atoms with Gasteiger partial charge < -0.3 is 5.32 Å². The first-order chi connectivity index (χ1) is 8.19. The standard InChI is InChI=1S/C15H22BrN/c1-3-13-10-14(16)7-8-15(13)17-11(2)9-12-5-4-6-12/h7-8,10-12,17H,3-6,9H2,1-2H3. The Kier molecular flexibility index (Phi) is 4.49. The zero-order valence-corrected chi connectivity index (χ0v) is 12.4. The van der Waals surface area contributed by atoms with Crippen LogP contribution in [0.5, 0.6) is 0 Å². The van der Waals surface area contributed by atoms with Gasteiger partial charge in [-0.1, -0.05) is 42.1 Å². The van der Waals surface area contributed by atoms with E-state index in [1.54, 1.807) is 0 Å². The molecule has 1 fully saturated rings. The van der Waals surface area contributed by atoms with E-state index in [0.29, 0.717) is 6.04 Å². The highest BCUT2D eigenvalue weighted by Gasteiger charge is 2.20. The van der Waals surface area contributed by atoms with Crippen molar-refractivity contribution in [3.05, 3.63) is 28.2 Å². The summed E-state index contributed by atoms with van der Waals surface area (Å²) in [5.74, 6) is 0.970. The first-order valence-corrected chi connectivity index (χ1v) is 7.53. The van der Waals surface area contributed by atoms with Crippen molar-refractivity contribution in [2.75, 3.05) is 5.32 Å². The van der Waals surface area contributed by atoms with Gasteiger partial charge in [0, 0.05) is 16.2 Å². The van der Waals surface area contributed by atoms with E-state index < -0.39 is 0 Å². The van der Waals surface area contributed by atoms with Crippen molar-refractivity contribution in [1.29, 1.82) is 0 Å². The van der Waals surface area contributed by atoms with Crippen LogP contribution < -0.4 is 5.32 Å². The van der Waals surface area contributed by atoms with Crippen LogP contribution in [0.3, 0.4) is 0 Å². The van der Waals surface area contributed by atoms with Crippen LogP contribution >= 0.6 is 15.9 Å². The van der Waals surface area contributed by atoms with E-state index in [0.717, 1.165) is 12.3 Å². The van der Waals surface area contributed by atoms with Gasteiger partial charge in [-0.05, 0) is 49.4 Å². The molecule has 0 saturated heterocycles. The van der Waals surface area contributed by atoms with Crippen molar-refractivity contribution in [2.45, 2.75) is 52.0 Å². The van der Waals surface area contributed by atoms with E-state index in [9.17, 15) is 0 Å². The number of hydrogen-bond donors (Lipinski definition) is 1. The van der Waals surface area contributed by atoms with E-state index >= 15 is 0 Å². The van der Waals surface area contributed by atoms with E-state index in [2.05, 4.69) is 53.3 Å². The van der Waals surface area contributed by atoms with Gasteiger partial charge in [-0.15, -0.1) is 0 Å². The van der Waals surface area contributed by atoms with E-state index in [4.69, 9.17) is 0 Å². The smallest absolute Gasteiger partial charge is 0.0375 e. The summed E-state index contributed by atoms with van der Waals surface area (Å²) in [6, 6.07) is 7.13. The molecule has 1 aromatic carbocycles. The molecule has 1 aromatic rings. The lowest BCUT2D eigenvalue weighted by Crippen LogP contribution is -2.23. The minimum Gasteiger partial charge on any atom is -0.382 e. The SMILES string of the molecule is CCc1cc(Br)ccc1NC(C)CC1CCC1. The molecule has 94 valence electrons. The molecule has 2 heteroatoms. The molecule has 1 aliphatic rings. The largest absolute Gasteiger partial charge is 0.382 e. The van der Waals surface area contributed by atoms with Gasteiger partial charge in [0.2, 0.25) is 0 Å². The number of aryl methyl sites for hydroxylation is 1. The molecular weight excluding hydrogens is 274 g/mol. The fourth-order valence-corrected chi connectivity index (χ4v) is 2.96. The third-order valence-corrected chi connectivity index (χ3v) is 4.25. The van der Waals surface area contributed by atoms with Crippen LogP contribution in [0.1, 0.15) is 45.1 Å². The number of rotatable bonds is 5. The monoisotopic (exact) mass is 295 g/mol. The average Bonchev–Trinajstić information content (AvgIpc) is 2.26. The number of halogens is 1. The van der Waals surface area contributed by atoms with Crippen LogP contribution in [-0.4, -0.2) is 6.04 Å². The van der Waals surface area contributed by atoms with E-state index in [1.165, 1.54) is 41.4 Å². The summed E-state index contributed by atoms with van der Waals surface area (Å²) in [6.07, 6.45) is 6.72. The Morgan fingerprint density at radius 3 is 2.76 bits per heavy atom. The van der Waals surface area contributed by atoms with Gasteiger partial charge in [0.15, 0.2) is 0 Å². The molecule has 1 saturated carbocycles. The first kappa shape index (κ1) is 12.9. The van der Waals surface area contributed by atoms with E-state index in [1.807, 2.05) is 0 Å². The van der Waals surface area contributed by atoms with Crippen molar-refractivity contribution in [3.8, 4) is 0 Å². The fraction of sp³-hybridized carbons (Fsp3) is 0.600. The number of benzene rings is 1. The summed E-state index contributed by atoms with van der Waals surface area (Å²) >= 11 is 3.54. The van der Waals surface area contributed by atoms with Gasteiger partial charge >= 0.3 is 0 Å². The normalized spacial score (nSPS) is 17.6. The maximum Gasteiger partial charge on any atom is 0.0375 e. The molecule has 0 spiro atoms. The zero-order chi connectivity index (χ0) is 12.3. The second-order valence-corrected chi connectivity index (χ2v) is 6.15. The van der Waals surface area contributed by atoms with Gasteiger partial charge in [0.25, 0.3) is 0 Å². The molecule has 0 bridgehead atoms. The van der Waals surface area contributed by atoms with Gasteiger partial charge in [-0.2, -0.15) is 0 Å². The molecule has 0 aromatic heterocycles. The van der Waals surface area contributed by atoms with Crippen molar-refractivity contribution in [1.82, 2.24) is 0 Å². The van der Waals surface area contributed by atoms with Gasteiger partial charge in [0.1, 0.15) is 0 Å². The van der Waals surface area contributed by atoms with Gasteiger partial charge in [-0.3, -0.25) is 0 Å². The predicted molar refractivity (Wildman–Crippen MR) is 78.6 cm³/mol.